The number of benzene rings is 8. The molecule has 3 heterocycles. The van der Waals surface area contributed by atoms with E-state index < -0.39 is 0 Å². The number of fused-ring (bicyclic) bond motifs is 6. The van der Waals surface area contributed by atoms with Gasteiger partial charge in [0.15, 0.2) is 23.3 Å². The molecule has 11 rings (SSSR count). The number of hydrogen-bond donors (Lipinski definition) is 0. The van der Waals surface area contributed by atoms with E-state index >= 15 is 0 Å². The van der Waals surface area contributed by atoms with Crippen molar-refractivity contribution in [3.63, 3.8) is 0 Å². The molecule has 0 aliphatic heterocycles. The zero-order chi connectivity index (χ0) is 36.3. The van der Waals surface area contributed by atoms with E-state index in [0.717, 1.165) is 55.2 Å². The molecule has 0 spiro atoms. The summed E-state index contributed by atoms with van der Waals surface area (Å²) in [6.07, 6.45) is 0. The minimum Gasteiger partial charge on any atom is -0.228 e. The zero-order valence-corrected chi connectivity index (χ0v) is 30.2. The second-order valence-corrected chi connectivity index (χ2v) is 14.8. The highest BCUT2D eigenvalue weighted by molar-refractivity contribution is 7.25. The predicted molar refractivity (Wildman–Crippen MR) is 228 cm³/mol. The summed E-state index contributed by atoms with van der Waals surface area (Å²) in [5, 5.41) is 8.19. The summed E-state index contributed by atoms with van der Waals surface area (Å²) in [5.74, 6) is 2.46. The summed E-state index contributed by atoms with van der Waals surface area (Å²) >= 11 is 1.83. The molecule has 55 heavy (non-hydrogen) atoms. The van der Waals surface area contributed by atoms with Crippen LogP contribution in [0.2, 0.25) is 0 Å². The van der Waals surface area contributed by atoms with E-state index in [-0.39, 0.29) is 0 Å². The van der Waals surface area contributed by atoms with Gasteiger partial charge in [0.1, 0.15) is 0 Å². The van der Waals surface area contributed by atoms with Crippen LogP contribution in [0, 0.1) is 0 Å². The molecule has 0 amide bonds. The molecule has 11 aromatic rings. The Morgan fingerprint density at radius 3 is 1.64 bits per heavy atom. The first-order valence-corrected chi connectivity index (χ1v) is 19.1. The van der Waals surface area contributed by atoms with Crippen LogP contribution >= 0.6 is 11.3 Å². The number of hydrogen-bond acceptors (Lipinski definition) is 6. The van der Waals surface area contributed by atoms with E-state index in [1.807, 2.05) is 65.9 Å². The summed E-state index contributed by atoms with van der Waals surface area (Å²) in [6.45, 7) is 0. The van der Waals surface area contributed by atoms with Crippen LogP contribution in [0.25, 0.3) is 109 Å². The van der Waals surface area contributed by atoms with E-state index in [2.05, 4.69) is 121 Å². The summed E-state index contributed by atoms with van der Waals surface area (Å²) < 4.78 is 2.58. The molecule has 0 radical (unpaired) electrons. The van der Waals surface area contributed by atoms with E-state index in [1.165, 1.54) is 30.9 Å². The molecule has 0 unspecified atom stereocenters. The number of para-hydroxylation sites is 1. The largest absolute Gasteiger partial charge is 0.228 e. The maximum absolute atomic E-state index is 5.16. The highest BCUT2D eigenvalue weighted by Gasteiger charge is 2.17. The summed E-state index contributed by atoms with van der Waals surface area (Å²) in [6, 6.07) is 61.1. The first-order valence-electron chi connectivity index (χ1n) is 18.2. The Kier molecular flexibility index (Phi) is 7.28. The Bertz CT molecular complexity index is 3280. The van der Waals surface area contributed by atoms with Gasteiger partial charge in [-0.1, -0.05) is 133 Å². The third-order valence-corrected chi connectivity index (χ3v) is 11.4. The average molecular weight is 720 g/mol. The smallest absolute Gasteiger partial charge is 0.164 e. The minimum atomic E-state index is 0.582. The highest BCUT2D eigenvalue weighted by Crippen LogP contribution is 2.38. The molecular formula is C49H29N5S. The fourth-order valence-electron chi connectivity index (χ4n) is 7.52. The van der Waals surface area contributed by atoms with Gasteiger partial charge in [-0.3, -0.25) is 0 Å². The molecule has 5 nitrogen and oxygen atoms in total. The van der Waals surface area contributed by atoms with Gasteiger partial charge in [-0.2, -0.15) is 0 Å². The van der Waals surface area contributed by atoms with Crippen LogP contribution in [0.5, 0.6) is 0 Å². The van der Waals surface area contributed by atoms with Gasteiger partial charge in [0.2, 0.25) is 0 Å². The lowest BCUT2D eigenvalue weighted by Gasteiger charge is -2.12. The van der Waals surface area contributed by atoms with Gasteiger partial charge in [-0.15, -0.1) is 11.3 Å². The molecule has 0 saturated carbocycles. The van der Waals surface area contributed by atoms with Crippen molar-refractivity contribution >= 4 is 64.0 Å². The van der Waals surface area contributed by atoms with Gasteiger partial charge >= 0.3 is 0 Å². The Labute approximate surface area is 320 Å². The van der Waals surface area contributed by atoms with Gasteiger partial charge in [0.25, 0.3) is 0 Å². The molecule has 8 aromatic carbocycles. The van der Waals surface area contributed by atoms with Crippen molar-refractivity contribution in [2.24, 2.45) is 0 Å². The lowest BCUT2D eigenvalue weighted by atomic mass is 10.0. The first-order chi connectivity index (χ1) is 27.2. The molecule has 256 valence electrons. The van der Waals surface area contributed by atoms with E-state index in [0.29, 0.717) is 23.3 Å². The summed E-state index contributed by atoms with van der Waals surface area (Å²) in [7, 11) is 0. The molecule has 0 aliphatic carbocycles. The Hall–Kier alpha value is -7.15. The van der Waals surface area contributed by atoms with Crippen LogP contribution in [-0.2, 0) is 0 Å². The maximum Gasteiger partial charge on any atom is 0.164 e. The Balaban J connectivity index is 1.08. The van der Waals surface area contributed by atoms with Crippen molar-refractivity contribution in [3.8, 4) is 56.8 Å². The second kappa shape index (κ2) is 12.8. The summed E-state index contributed by atoms with van der Waals surface area (Å²) in [5.41, 5.74) is 6.43. The fourth-order valence-corrected chi connectivity index (χ4v) is 8.65. The fraction of sp³-hybridized carbons (Fsp3) is 0. The molecule has 0 bridgehead atoms. The molecule has 0 aliphatic rings. The molecule has 0 saturated heterocycles. The second-order valence-electron chi connectivity index (χ2n) is 13.7. The van der Waals surface area contributed by atoms with Crippen LogP contribution in [0.15, 0.2) is 176 Å². The van der Waals surface area contributed by atoms with Crippen molar-refractivity contribution in [2.45, 2.75) is 0 Å². The van der Waals surface area contributed by atoms with Gasteiger partial charge in [0, 0.05) is 53.4 Å². The number of aromatic nitrogens is 5. The topological polar surface area (TPSA) is 64.5 Å². The number of nitrogens with zero attached hydrogens (tertiary/aromatic N) is 5. The minimum absolute atomic E-state index is 0.582. The third kappa shape index (κ3) is 5.59. The van der Waals surface area contributed by atoms with Crippen LogP contribution in [0.4, 0.5) is 0 Å². The van der Waals surface area contributed by atoms with Crippen LogP contribution in [0.1, 0.15) is 0 Å². The molecule has 0 fully saturated rings. The average Bonchev–Trinajstić information content (AvgIpc) is 3.62. The predicted octanol–water partition coefficient (Wildman–Crippen LogP) is 12.8. The van der Waals surface area contributed by atoms with Crippen molar-refractivity contribution < 1.29 is 0 Å². The Morgan fingerprint density at radius 2 is 0.855 bits per heavy atom. The standard InChI is InChI=1S/C49H29N5S/c1-2-12-31(13-3-1)45-40-18-6-8-19-42(40)50-46(51-45)34-15-10-16-35(26-34)47-52-48(36-23-21-30-11-4-5-14-32(30)25-36)54-49(53-47)37-24-22-33-29-44-41(28-38(33)27-37)39-17-7-9-20-43(39)55-44/h1-29H. The molecular weight excluding hydrogens is 691 g/mol. The highest BCUT2D eigenvalue weighted by atomic mass is 32.1. The quantitative estimate of drug-likeness (QED) is 0.177. The van der Waals surface area contributed by atoms with Crippen molar-refractivity contribution in [1.29, 1.82) is 0 Å². The lowest BCUT2D eigenvalue weighted by Crippen LogP contribution is -2.01. The van der Waals surface area contributed by atoms with Crippen molar-refractivity contribution in [2.75, 3.05) is 0 Å². The van der Waals surface area contributed by atoms with Crippen molar-refractivity contribution in [3.05, 3.63) is 176 Å². The normalized spacial score (nSPS) is 11.6. The van der Waals surface area contributed by atoms with E-state index in [9.17, 15) is 0 Å². The molecule has 6 heteroatoms. The molecule has 0 atom stereocenters. The van der Waals surface area contributed by atoms with E-state index in [4.69, 9.17) is 24.9 Å². The van der Waals surface area contributed by atoms with Crippen LogP contribution < -0.4 is 0 Å². The number of rotatable bonds is 5. The van der Waals surface area contributed by atoms with Gasteiger partial charge < -0.3 is 0 Å². The Morgan fingerprint density at radius 1 is 0.291 bits per heavy atom. The van der Waals surface area contributed by atoms with E-state index in [1.54, 1.807) is 0 Å². The monoisotopic (exact) mass is 719 g/mol. The molecule has 3 aromatic heterocycles. The van der Waals surface area contributed by atoms with Gasteiger partial charge in [0.05, 0.1) is 11.2 Å². The first kappa shape index (κ1) is 31.4. The SMILES string of the molecule is c1ccc(-c2nc(-c3cccc(-c4nc(-c5ccc6ccccc6c5)nc(-c5ccc6cc7sc8ccccc8c7cc6c5)n4)c3)nc3ccccc23)cc1. The lowest BCUT2D eigenvalue weighted by molar-refractivity contribution is 1.07. The van der Waals surface area contributed by atoms with Crippen LogP contribution in [0.3, 0.4) is 0 Å². The zero-order valence-electron chi connectivity index (χ0n) is 29.4. The maximum atomic E-state index is 5.16. The third-order valence-electron chi connectivity index (χ3n) is 10.3. The van der Waals surface area contributed by atoms with Crippen LogP contribution in [-0.4, -0.2) is 24.9 Å². The van der Waals surface area contributed by atoms with Gasteiger partial charge in [-0.05, 0) is 64.0 Å². The summed E-state index contributed by atoms with van der Waals surface area (Å²) in [4.78, 5) is 25.6. The van der Waals surface area contributed by atoms with Crippen molar-refractivity contribution in [1.82, 2.24) is 24.9 Å². The van der Waals surface area contributed by atoms with Gasteiger partial charge in [-0.25, -0.2) is 24.9 Å². The molecule has 0 N–H and O–H groups in total. The number of thiophene rings is 1.